The Labute approximate surface area is 116 Å². The molecule has 0 aliphatic carbocycles. The molecule has 1 unspecified atom stereocenters. The van der Waals surface area contributed by atoms with Crippen molar-refractivity contribution in [2.75, 3.05) is 7.11 Å². The first kappa shape index (κ1) is 13.9. The fourth-order valence-corrected chi connectivity index (χ4v) is 2.62. The fraction of sp³-hybridized carbons (Fsp3) is 0.250. The van der Waals surface area contributed by atoms with Gasteiger partial charge in [-0.3, -0.25) is 0 Å². The topological polar surface area (TPSA) is 18.5 Å². The Morgan fingerprint density at radius 2 is 1.84 bits per heavy atom. The molecule has 3 heteroatoms. The maximum atomic E-state index is 5.95. The molecule has 0 bridgehead atoms. The third kappa shape index (κ3) is 3.97. The normalized spacial score (nSPS) is 10.8. The second-order valence-electron chi connectivity index (χ2n) is 4.29. The van der Waals surface area contributed by atoms with Gasteiger partial charge in [-0.05, 0) is 30.2 Å². The average Bonchev–Trinajstić information content (AvgIpc) is 2.47. The van der Waals surface area contributed by atoms with Gasteiger partial charge in [-0.25, -0.2) is 0 Å². The molecule has 0 aromatic heterocycles. The number of methoxy groups -OCH3 is 1. The van der Waals surface area contributed by atoms with Gasteiger partial charge in [-0.15, -0.1) is 0 Å². The summed E-state index contributed by atoms with van der Waals surface area (Å²) in [5.74, 6) is 1.85. The van der Waals surface area contributed by atoms with E-state index in [0.717, 1.165) is 24.3 Å². The largest absolute Gasteiger partial charge is 0.497 e. The molecule has 2 rings (SSSR count). The Kier molecular flexibility index (Phi) is 5.23. The van der Waals surface area contributed by atoms with Gasteiger partial charge in [0, 0.05) is 5.30 Å². The van der Waals surface area contributed by atoms with Crippen molar-refractivity contribution in [3.05, 3.63) is 54.1 Å². The molecule has 0 fully saturated rings. The number of rotatable bonds is 6. The lowest BCUT2D eigenvalue weighted by molar-refractivity contribution is 0.413. The van der Waals surface area contributed by atoms with Crippen molar-refractivity contribution in [1.82, 2.24) is 0 Å². The molecule has 19 heavy (non-hydrogen) atoms. The zero-order chi connectivity index (χ0) is 13.5. The van der Waals surface area contributed by atoms with Crippen LogP contribution >= 0.6 is 8.81 Å². The highest BCUT2D eigenvalue weighted by molar-refractivity contribution is 7.42. The summed E-state index contributed by atoms with van der Waals surface area (Å²) >= 11 is 0. The third-order valence-corrected chi connectivity index (χ3v) is 3.73. The lowest BCUT2D eigenvalue weighted by atomic mass is 10.1. The Morgan fingerprint density at radius 1 is 1.05 bits per heavy atom. The summed E-state index contributed by atoms with van der Waals surface area (Å²) < 4.78 is 11.2. The van der Waals surface area contributed by atoms with E-state index in [0.29, 0.717) is 8.81 Å². The van der Waals surface area contributed by atoms with Crippen molar-refractivity contribution < 1.29 is 9.26 Å². The zero-order valence-electron chi connectivity index (χ0n) is 11.3. The van der Waals surface area contributed by atoms with Crippen LogP contribution < -0.4 is 14.6 Å². The highest BCUT2D eigenvalue weighted by atomic mass is 31.1. The van der Waals surface area contributed by atoms with Gasteiger partial charge < -0.3 is 9.26 Å². The molecule has 2 aromatic rings. The standard InChI is InChI=1S/C16H19O2P/c1-3-7-13-12-14(17-2)10-11-16(13)18-19-15-8-5-4-6-9-15/h4-6,8-12,19H,3,7H2,1-2H3. The van der Waals surface area contributed by atoms with Crippen LogP contribution in [0.1, 0.15) is 18.9 Å². The van der Waals surface area contributed by atoms with Crippen LogP contribution in [0.4, 0.5) is 0 Å². The minimum Gasteiger partial charge on any atom is -0.497 e. The molecule has 0 saturated heterocycles. The zero-order valence-corrected chi connectivity index (χ0v) is 12.3. The van der Waals surface area contributed by atoms with Gasteiger partial charge in [-0.1, -0.05) is 43.7 Å². The van der Waals surface area contributed by atoms with Crippen LogP contribution in [-0.2, 0) is 6.42 Å². The van der Waals surface area contributed by atoms with Gasteiger partial charge in [-0.2, -0.15) is 0 Å². The molecular formula is C16H19O2P. The molecule has 0 aliphatic heterocycles. The van der Waals surface area contributed by atoms with Crippen molar-refractivity contribution in [2.45, 2.75) is 19.8 Å². The minimum atomic E-state index is 0.339. The summed E-state index contributed by atoms with van der Waals surface area (Å²) in [6, 6.07) is 16.3. The summed E-state index contributed by atoms with van der Waals surface area (Å²) in [7, 11) is 2.03. The van der Waals surface area contributed by atoms with E-state index in [1.165, 1.54) is 10.9 Å². The molecule has 0 spiro atoms. The molecule has 100 valence electrons. The summed E-state index contributed by atoms with van der Waals surface area (Å²) in [5, 5.41) is 1.21. The first-order valence-corrected chi connectivity index (χ1v) is 7.39. The third-order valence-electron chi connectivity index (χ3n) is 2.84. The summed E-state index contributed by atoms with van der Waals surface area (Å²) in [6.45, 7) is 2.17. The van der Waals surface area contributed by atoms with Gasteiger partial charge >= 0.3 is 0 Å². The number of aryl methyl sites for hydroxylation is 1. The van der Waals surface area contributed by atoms with E-state index in [9.17, 15) is 0 Å². The van der Waals surface area contributed by atoms with E-state index in [4.69, 9.17) is 9.26 Å². The van der Waals surface area contributed by atoms with E-state index < -0.39 is 0 Å². The first-order valence-electron chi connectivity index (χ1n) is 6.48. The van der Waals surface area contributed by atoms with Crippen LogP contribution in [0, 0.1) is 0 Å². The second-order valence-corrected chi connectivity index (χ2v) is 5.28. The molecule has 0 aliphatic rings. The van der Waals surface area contributed by atoms with Gasteiger partial charge in [0.05, 0.1) is 7.11 Å². The van der Waals surface area contributed by atoms with Crippen molar-refractivity contribution in [3.63, 3.8) is 0 Å². The number of hydrogen-bond acceptors (Lipinski definition) is 2. The van der Waals surface area contributed by atoms with E-state index in [2.05, 4.69) is 25.1 Å². The van der Waals surface area contributed by atoms with E-state index in [1.54, 1.807) is 7.11 Å². The van der Waals surface area contributed by atoms with E-state index in [1.807, 2.05) is 30.3 Å². The second kappa shape index (κ2) is 7.16. The van der Waals surface area contributed by atoms with Crippen molar-refractivity contribution >= 4 is 14.1 Å². The lowest BCUT2D eigenvalue weighted by Gasteiger charge is -2.12. The Morgan fingerprint density at radius 3 is 2.53 bits per heavy atom. The van der Waals surface area contributed by atoms with Crippen molar-refractivity contribution in [3.8, 4) is 11.5 Å². The quantitative estimate of drug-likeness (QED) is 0.743. The van der Waals surface area contributed by atoms with E-state index in [-0.39, 0.29) is 0 Å². The van der Waals surface area contributed by atoms with Gasteiger partial charge in [0.25, 0.3) is 0 Å². The van der Waals surface area contributed by atoms with Crippen LogP contribution in [0.5, 0.6) is 11.5 Å². The first-order chi connectivity index (χ1) is 9.33. The molecule has 2 aromatic carbocycles. The number of benzene rings is 2. The molecule has 0 heterocycles. The van der Waals surface area contributed by atoms with E-state index >= 15 is 0 Å². The highest BCUT2D eigenvalue weighted by Gasteiger charge is 2.05. The SMILES string of the molecule is CCCc1cc(OC)ccc1OPc1ccccc1. The van der Waals surface area contributed by atoms with Gasteiger partial charge in [0.1, 0.15) is 20.3 Å². The smallest absolute Gasteiger partial charge is 0.126 e. The summed E-state index contributed by atoms with van der Waals surface area (Å²) in [6.07, 6.45) is 2.10. The number of hydrogen-bond donors (Lipinski definition) is 0. The Bertz CT molecular complexity index is 511. The Hall–Kier alpha value is -1.53. The van der Waals surface area contributed by atoms with Gasteiger partial charge in [0.15, 0.2) is 0 Å². The van der Waals surface area contributed by atoms with Crippen LogP contribution in [0.3, 0.4) is 0 Å². The van der Waals surface area contributed by atoms with Crippen LogP contribution in [0.2, 0.25) is 0 Å². The van der Waals surface area contributed by atoms with Crippen LogP contribution in [0.25, 0.3) is 0 Å². The fourth-order valence-electron chi connectivity index (χ4n) is 1.87. The Balaban J connectivity index is 2.10. The molecule has 2 nitrogen and oxygen atoms in total. The highest BCUT2D eigenvalue weighted by Crippen LogP contribution is 2.29. The molecule has 0 amide bonds. The molecule has 0 radical (unpaired) electrons. The van der Waals surface area contributed by atoms with Crippen LogP contribution in [-0.4, -0.2) is 7.11 Å². The lowest BCUT2D eigenvalue weighted by Crippen LogP contribution is -1.97. The summed E-state index contributed by atoms with van der Waals surface area (Å²) in [4.78, 5) is 0. The predicted octanol–water partition coefficient (Wildman–Crippen LogP) is 3.95. The monoisotopic (exact) mass is 274 g/mol. The molecule has 0 N–H and O–H groups in total. The van der Waals surface area contributed by atoms with Gasteiger partial charge in [0.2, 0.25) is 0 Å². The molecule has 0 saturated carbocycles. The average molecular weight is 274 g/mol. The molecule has 1 atom stereocenters. The van der Waals surface area contributed by atoms with Crippen molar-refractivity contribution in [2.24, 2.45) is 0 Å². The maximum absolute atomic E-state index is 5.95. The van der Waals surface area contributed by atoms with Crippen molar-refractivity contribution in [1.29, 1.82) is 0 Å². The predicted molar refractivity (Wildman–Crippen MR) is 82.0 cm³/mol. The maximum Gasteiger partial charge on any atom is 0.126 e. The summed E-state index contributed by atoms with van der Waals surface area (Å²) in [5.41, 5.74) is 1.21. The van der Waals surface area contributed by atoms with Crippen LogP contribution in [0.15, 0.2) is 48.5 Å². The minimum absolute atomic E-state index is 0.339. The molecular weight excluding hydrogens is 255 g/mol. The number of ether oxygens (including phenoxy) is 1.